The van der Waals surface area contributed by atoms with Crippen LogP contribution >= 0.6 is 0 Å². The normalized spacial score (nSPS) is 11.4. The van der Waals surface area contributed by atoms with Gasteiger partial charge in [0.1, 0.15) is 0 Å². The van der Waals surface area contributed by atoms with Gasteiger partial charge in [0.2, 0.25) is 0 Å². The van der Waals surface area contributed by atoms with Crippen LogP contribution in [0.2, 0.25) is 0 Å². The first-order chi connectivity index (χ1) is 17.3. The molecule has 5 rings (SSSR count). The molecule has 1 aliphatic rings. The maximum atomic E-state index is 3.69. The molecule has 0 atom stereocenters. The van der Waals surface area contributed by atoms with E-state index in [9.17, 15) is 0 Å². The minimum atomic E-state index is 0. The van der Waals surface area contributed by atoms with Crippen molar-refractivity contribution in [3.8, 4) is 11.1 Å². The van der Waals surface area contributed by atoms with E-state index in [1.165, 1.54) is 77.2 Å². The van der Waals surface area contributed by atoms with Gasteiger partial charge in [-0.25, -0.2) is 12.1 Å². The molecule has 0 aliphatic heterocycles. The van der Waals surface area contributed by atoms with Gasteiger partial charge >= 0.3 is 70.0 Å². The fraction of sp³-hybridized carbons (Fsp3) is 0.333. The van der Waals surface area contributed by atoms with Crippen LogP contribution in [0, 0.1) is 19.9 Å². The van der Waals surface area contributed by atoms with Crippen LogP contribution in [0.1, 0.15) is 87.4 Å². The number of aryl methyl sites for hydroxylation is 2. The van der Waals surface area contributed by atoms with Gasteiger partial charge in [-0.05, 0) is 35.4 Å². The van der Waals surface area contributed by atoms with Gasteiger partial charge in [-0.2, -0.15) is 35.9 Å². The molecule has 0 saturated carbocycles. The van der Waals surface area contributed by atoms with E-state index in [0.29, 0.717) is 0 Å². The molecule has 3 heteroatoms. The van der Waals surface area contributed by atoms with Crippen LogP contribution < -0.4 is 24.8 Å². The molecule has 4 aromatic rings. The molecule has 206 valence electrons. The van der Waals surface area contributed by atoms with Gasteiger partial charge in [-0.3, -0.25) is 0 Å². The largest absolute Gasteiger partial charge is 1.00 e. The summed E-state index contributed by atoms with van der Waals surface area (Å²) in [4.78, 5) is 0. The van der Waals surface area contributed by atoms with E-state index in [1.807, 2.05) is 36.4 Å². The zero-order valence-electron chi connectivity index (χ0n) is 25.0. The average Bonchev–Trinajstić information content (AvgIpc) is 3.49. The van der Waals surface area contributed by atoms with E-state index < -0.39 is 0 Å². The summed E-state index contributed by atoms with van der Waals surface area (Å²) in [6, 6.07) is 31.5. The second-order valence-electron chi connectivity index (χ2n) is 12.2. The molecule has 0 N–H and O–H groups in total. The molecule has 0 aromatic heterocycles. The van der Waals surface area contributed by atoms with Crippen molar-refractivity contribution in [2.75, 3.05) is 0 Å². The molecule has 0 spiro atoms. The summed E-state index contributed by atoms with van der Waals surface area (Å²) in [7, 11) is 0. The fourth-order valence-electron chi connectivity index (χ4n) is 5.03. The van der Waals surface area contributed by atoms with Crippen molar-refractivity contribution in [3.05, 3.63) is 124 Å². The van der Waals surface area contributed by atoms with Crippen LogP contribution in [-0.2, 0) is 41.1 Å². The Morgan fingerprint density at radius 1 is 0.769 bits per heavy atom. The molecule has 1 aliphatic carbocycles. The first-order valence-corrected chi connectivity index (χ1v) is 15.1. The van der Waals surface area contributed by atoms with Crippen molar-refractivity contribution in [3.63, 3.8) is 0 Å². The topological polar surface area (TPSA) is 0 Å². The molecule has 39 heavy (non-hydrogen) atoms. The molecule has 0 fully saturated rings. The number of benzene rings is 3. The first-order valence-electron chi connectivity index (χ1n) is 13.3. The van der Waals surface area contributed by atoms with Crippen molar-refractivity contribution < 1.29 is 48.7 Å². The van der Waals surface area contributed by atoms with Crippen molar-refractivity contribution >= 4 is 3.26 Å². The molecule has 0 unspecified atom stereocenters. The minimum absolute atomic E-state index is 0. The SMILES string of the molecule is C[C](=[Hf+2])c1ccccc1.Cc1[c-]c2c(cc1C(C)(C)C)-c1cc(C(C)(C)C)c(C)cc1C2.[Cl-].[Cl-].c1cc[cH-]c1. The van der Waals surface area contributed by atoms with Gasteiger partial charge in [-0.15, -0.1) is 16.7 Å². The van der Waals surface area contributed by atoms with Crippen molar-refractivity contribution in [1.29, 1.82) is 0 Å². The Kier molecular flexibility index (Phi) is 13.4. The Labute approximate surface area is 264 Å². The van der Waals surface area contributed by atoms with Crippen molar-refractivity contribution in [1.82, 2.24) is 0 Å². The van der Waals surface area contributed by atoms with E-state index in [-0.39, 0.29) is 35.6 Å². The molecule has 0 heterocycles. The van der Waals surface area contributed by atoms with Gasteiger partial charge < -0.3 is 24.8 Å². The summed E-state index contributed by atoms with van der Waals surface area (Å²) in [6.45, 7) is 20.4. The van der Waals surface area contributed by atoms with E-state index in [0.717, 1.165) is 6.42 Å². The predicted octanol–water partition coefficient (Wildman–Crippen LogP) is 3.46. The number of hydrogen-bond donors (Lipinski definition) is 0. The number of halogens is 2. The summed E-state index contributed by atoms with van der Waals surface area (Å²) >= 11 is 1.17. The maximum Gasteiger partial charge on any atom is -0.0129 e. The number of fused-ring (bicyclic) bond motifs is 3. The molecular weight excluding hydrogens is 682 g/mol. The molecule has 4 aromatic carbocycles. The standard InChI is InChI=1S/C23H29.C8H8.C5H5.2ClH.Hf/c1-14-9-16-11-17-10-15(2)21(23(6,7)8)13-19(17)18(16)12-20(14)22(3,4)5;1-2-8-6-4-3-5-7-8;1-2-4-5-3-1;;;/h9,12-13H,11H2,1-8H3;3-7H,1H3;1-5H;2*1H;/q-1;;-1;;;+2/p-2. The second kappa shape index (κ2) is 14.8. The van der Waals surface area contributed by atoms with E-state index in [1.54, 1.807) is 0 Å². The summed E-state index contributed by atoms with van der Waals surface area (Å²) in [5.74, 6) is 0. The van der Waals surface area contributed by atoms with E-state index in [2.05, 4.69) is 111 Å². The molecule has 0 radical (unpaired) electrons. The Balaban J connectivity index is 0.000000392. The molecule has 0 amide bonds. The van der Waals surface area contributed by atoms with Gasteiger partial charge in [0.05, 0.1) is 0 Å². The second-order valence-corrected chi connectivity index (χ2v) is 14.8. The minimum Gasteiger partial charge on any atom is -1.00 e. The number of rotatable bonds is 1. The quantitative estimate of drug-likeness (QED) is 0.184. The van der Waals surface area contributed by atoms with E-state index in [4.69, 9.17) is 0 Å². The Bertz CT molecular complexity index is 1250. The number of hydrogen-bond acceptors (Lipinski definition) is 0. The van der Waals surface area contributed by atoms with Crippen molar-refractivity contribution in [2.45, 2.75) is 79.6 Å². The zero-order chi connectivity index (χ0) is 27.4. The summed E-state index contributed by atoms with van der Waals surface area (Å²) in [5, 5.41) is 0. The third kappa shape index (κ3) is 9.44. The Morgan fingerprint density at radius 2 is 1.31 bits per heavy atom. The average molecular weight is 724 g/mol. The van der Waals surface area contributed by atoms with Crippen LogP contribution in [0.25, 0.3) is 11.1 Å². The van der Waals surface area contributed by atoms with Gasteiger partial charge in [-0.1, -0.05) is 71.6 Å². The monoisotopic (exact) mass is 724 g/mol. The van der Waals surface area contributed by atoms with Gasteiger partial charge in [0.25, 0.3) is 0 Å². The third-order valence-corrected chi connectivity index (χ3v) is 7.88. The molecular formula is C36H42Cl2Hf-2. The first kappa shape index (κ1) is 35.4. The molecule has 0 saturated heterocycles. The summed E-state index contributed by atoms with van der Waals surface area (Å²) < 4.78 is 1.51. The molecule has 0 bridgehead atoms. The van der Waals surface area contributed by atoms with Crippen LogP contribution in [0.3, 0.4) is 0 Å². The predicted molar refractivity (Wildman–Crippen MR) is 159 cm³/mol. The van der Waals surface area contributed by atoms with Crippen LogP contribution in [0.5, 0.6) is 0 Å². The van der Waals surface area contributed by atoms with Crippen molar-refractivity contribution in [2.24, 2.45) is 0 Å². The Morgan fingerprint density at radius 3 is 1.74 bits per heavy atom. The fourth-order valence-corrected chi connectivity index (χ4v) is 5.63. The van der Waals surface area contributed by atoms with Gasteiger partial charge in [0, 0.05) is 0 Å². The van der Waals surface area contributed by atoms with Crippen LogP contribution in [0.15, 0.2) is 78.9 Å². The van der Waals surface area contributed by atoms with Crippen LogP contribution in [-0.4, -0.2) is 3.26 Å². The van der Waals surface area contributed by atoms with E-state index >= 15 is 0 Å². The molecule has 0 nitrogen and oxygen atoms in total. The smallest absolute Gasteiger partial charge is 0.0129 e. The maximum absolute atomic E-state index is 3.69. The summed E-state index contributed by atoms with van der Waals surface area (Å²) in [6.07, 6.45) is 1.03. The summed E-state index contributed by atoms with van der Waals surface area (Å²) in [5.41, 5.74) is 13.0. The Hall–Kier alpha value is -1.67. The third-order valence-electron chi connectivity index (χ3n) is 6.84. The zero-order valence-corrected chi connectivity index (χ0v) is 30.1. The van der Waals surface area contributed by atoms with Crippen LogP contribution in [0.4, 0.5) is 0 Å². The van der Waals surface area contributed by atoms with Gasteiger partial charge in [0.15, 0.2) is 0 Å².